The van der Waals surface area contributed by atoms with Crippen LogP contribution in [-0.4, -0.2) is 54.3 Å². The van der Waals surface area contributed by atoms with E-state index in [9.17, 15) is 24.0 Å². The third-order valence-electron chi connectivity index (χ3n) is 8.57. The Balaban J connectivity index is 1.21. The van der Waals surface area contributed by atoms with Crippen molar-refractivity contribution in [2.24, 2.45) is 17.8 Å². The van der Waals surface area contributed by atoms with Crippen LogP contribution in [0.5, 0.6) is 0 Å². The summed E-state index contributed by atoms with van der Waals surface area (Å²) in [6.07, 6.45) is 0. The molecule has 0 unspecified atom stereocenters. The molecule has 1 N–H and O–H groups in total. The number of hydrogen-bond acceptors (Lipinski definition) is 7. The molecule has 3 aromatic carbocycles. The van der Waals surface area contributed by atoms with Gasteiger partial charge in [-0.15, -0.1) is 0 Å². The van der Waals surface area contributed by atoms with E-state index >= 15 is 0 Å². The van der Waals surface area contributed by atoms with E-state index in [0.29, 0.717) is 11.3 Å². The second kappa shape index (κ2) is 10.6. The maximum absolute atomic E-state index is 14.1. The van der Waals surface area contributed by atoms with Crippen LogP contribution in [0, 0.1) is 17.8 Å². The summed E-state index contributed by atoms with van der Waals surface area (Å²) < 4.78 is 10.0. The molecule has 0 aromatic heterocycles. The van der Waals surface area contributed by atoms with Crippen molar-refractivity contribution >= 4 is 35.3 Å². The lowest BCUT2D eigenvalue weighted by molar-refractivity contribution is -0.162. The fourth-order valence-electron chi connectivity index (χ4n) is 6.88. The number of esters is 2. The van der Waals surface area contributed by atoms with E-state index in [2.05, 4.69) is 10.1 Å². The molecule has 3 amide bonds. The summed E-state index contributed by atoms with van der Waals surface area (Å²) in [6.45, 7) is 2.89. The summed E-state index contributed by atoms with van der Waals surface area (Å²) in [5.74, 6) is -4.92. The lowest BCUT2D eigenvalue weighted by atomic mass is 9.55. The van der Waals surface area contributed by atoms with Crippen molar-refractivity contribution < 1.29 is 33.4 Å². The molecular weight excluding hydrogens is 536 g/mol. The molecule has 1 heterocycles. The number of rotatable bonds is 7. The molecule has 3 atom stereocenters. The van der Waals surface area contributed by atoms with Gasteiger partial charge < -0.3 is 14.8 Å². The van der Waals surface area contributed by atoms with Crippen molar-refractivity contribution in [2.75, 3.05) is 19.0 Å². The maximum atomic E-state index is 14.1. The predicted octanol–water partition coefficient (Wildman–Crippen LogP) is 3.87. The minimum Gasteiger partial charge on any atom is -0.465 e. The van der Waals surface area contributed by atoms with Crippen LogP contribution in [0.1, 0.15) is 58.3 Å². The monoisotopic (exact) mass is 566 g/mol. The average molecular weight is 567 g/mol. The lowest BCUT2D eigenvalue weighted by Gasteiger charge is -2.45. The van der Waals surface area contributed by atoms with Gasteiger partial charge in [0.05, 0.1) is 24.5 Å². The Morgan fingerprint density at radius 1 is 0.786 bits per heavy atom. The van der Waals surface area contributed by atoms with E-state index in [0.717, 1.165) is 27.2 Å². The van der Waals surface area contributed by atoms with E-state index < -0.39 is 48.2 Å². The number of methoxy groups -OCH3 is 1. The van der Waals surface area contributed by atoms with E-state index in [4.69, 9.17) is 4.74 Å². The molecule has 1 saturated heterocycles. The molecule has 0 saturated carbocycles. The average Bonchev–Trinajstić information content (AvgIpc) is 3.26. The third kappa shape index (κ3) is 4.27. The minimum absolute atomic E-state index is 0.283. The number of likely N-dealkylation sites (tertiary alicyclic amines) is 1. The van der Waals surface area contributed by atoms with Gasteiger partial charge in [0, 0.05) is 17.5 Å². The van der Waals surface area contributed by atoms with E-state index in [-0.39, 0.29) is 23.7 Å². The zero-order chi connectivity index (χ0) is 29.7. The Bertz CT molecular complexity index is 1500. The molecule has 7 rings (SSSR count). The Kier molecular flexibility index (Phi) is 6.88. The molecule has 1 fully saturated rings. The molecule has 4 aliphatic rings. The molecular formula is C33H30N2O7. The van der Waals surface area contributed by atoms with E-state index in [1.165, 1.54) is 31.4 Å². The van der Waals surface area contributed by atoms with Gasteiger partial charge in [-0.05, 0) is 52.4 Å². The summed E-state index contributed by atoms with van der Waals surface area (Å²) >= 11 is 0. The highest BCUT2D eigenvalue weighted by atomic mass is 16.5. The summed E-state index contributed by atoms with van der Waals surface area (Å²) in [4.78, 5) is 66.8. The second-order valence-corrected chi connectivity index (χ2v) is 11.2. The van der Waals surface area contributed by atoms with Gasteiger partial charge in [0.2, 0.25) is 11.8 Å². The molecule has 1 aliphatic heterocycles. The van der Waals surface area contributed by atoms with Crippen molar-refractivity contribution in [3.05, 3.63) is 101 Å². The number of carbonyl (C=O) groups is 5. The fourth-order valence-corrected chi connectivity index (χ4v) is 6.88. The van der Waals surface area contributed by atoms with Gasteiger partial charge in [0.25, 0.3) is 5.91 Å². The van der Waals surface area contributed by atoms with Crippen molar-refractivity contribution in [2.45, 2.75) is 31.7 Å². The first-order valence-corrected chi connectivity index (χ1v) is 13.9. The predicted molar refractivity (Wildman–Crippen MR) is 151 cm³/mol. The smallest absolute Gasteiger partial charge is 0.337 e. The van der Waals surface area contributed by atoms with Crippen molar-refractivity contribution in [3.63, 3.8) is 0 Å². The quantitative estimate of drug-likeness (QED) is 0.341. The van der Waals surface area contributed by atoms with Gasteiger partial charge in [-0.3, -0.25) is 19.3 Å². The number of nitrogens with one attached hydrogen (secondary N) is 1. The molecule has 2 bridgehead atoms. The number of amides is 3. The SMILES string of the molecule is COC(=O)c1ccc(NC(=O)COC(=O)[C@H](C(C)C)N2C(=O)[C@H]3C4c5ccccc5C(c5ccccc54)[C@@H]3C2=O)cc1. The minimum atomic E-state index is -1.17. The molecule has 214 valence electrons. The van der Waals surface area contributed by atoms with E-state index in [1.807, 2.05) is 48.5 Å². The zero-order valence-electron chi connectivity index (χ0n) is 23.4. The van der Waals surface area contributed by atoms with Gasteiger partial charge in [0.1, 0.15) is 6.04 Å². The molecule has 9 nitrogen and oxygen atoms in total. The normalized spacial score (nSPS) is 22.2. The lowest BCUT2D eigenvalue weighted by Crippen LogP contribution is -2.49. The number of benzene rings is 3. The van der Waals surface area contributed by atoms with Crippen LogP contribution in [0.2, 0.25) is 0 Å². The topological polar surface area (TPSA) is 119 Å². The first-order chi connectivity index (χ1) is 20.2. The Hall–Kier alpha value is -4.79. The van der Waals surface area contributed by atoms with E-state index in [1.54, 1.807) is 13.8 Å². The zero-order valence-corrected chi connectivity index (χ0v) is 23.4. The van der Waals surface area contributed by atoms with Crippen LogP contribution < -0.4 is 5.32 Å². The van der Waals surface area contributed by atoms with Crippen molar-refractivity contribution in [3.8, 4) is 0 Å². The van der Waals surface area contributed by atoms with Crippen molar-refractivity contribution in [1.29, 1.82) is 0 Å². The number of nitrogens with zero attached hydrogens (tertiary/aromatic N) is 1. The summed E-state index contributed by atoms with van der Waals surface area (Å²) in [5.41, 5.74) is 4.90. The summed E-state index contributed by atoms with van der Waals surface area (Å²) in [6, 6.07) is 20.8. The molecule has 42 heavy (non-hydrogen) atoms. The summed E-state index contributed by atoms with van der Waals surface area (Å²) in [5, 5.41) is 2.60. The number of ether oxygens (including phenoxy) is 2. The molecule has 9 heteroatoms. The Labute approximate surface area is 242 Å². The first kappa shape index (κ1) is 27.4. The largest absolute Gasteiger partial charge is 0.465 e. The van der Waals surface area contributed by atoms with Gasteiger partial charge in [0.15, 0.2) is 6.61 Å². The Morgan fingerprint density at radius 2 is 1.26 bits per heavy atom. The molecule has 3 aliphatic carbocycles. The highest BCUT2D eigenvalue weighted by Crippen LogP contribution is 2.61. The van der Waals surface area contributed by atoms with Crippen LogP contribution in [0.15, 0.2) is 72.8 Å². The number of hydrogen-bond donors (Lipinski definition) is 1. The Morgan fingerprint density at radius 3 is 1.69 bits per heavy atom. The van der Waals surface area contributed by atoms with Crippen LogP contribution in [0.3, 0.4) is 0 Å². The van der Waals surface area contributed by atoms with Crippen molar-refractivity contribution in [1.82, 2.24) is 4.90 Å². The molecule has 0 radical (unpaired) electrons. The van der Waals surface area contributed by atoms with Gasteiger partial charge >= 0.3 is 11.9 Å². The fraction of sp³-hybridized carbons (Fsp3) is 0.303. The van der Waals surface area contributed by atoms with Crippen LogP contribution in [0.25, 0.3) is 0 Å². The first-order valence-electron chi connectivity index (χ1n) is 13.9. The molecule has 3 aromatic rings. The van der Waals surface area contributed by atoms with Gasteiger partial charge in [-0.25, -0.2) is 9.59 Å². The number of carbonyl (C=O) groups excluding carboxylic acids is 5. The second-order valence-electron chi connectivity index (χ2n) is 11.2. The maximum Gasteiger partial charge on any atom is 0.337 e. The third-order valence-corrected chi connectivity index (χ3v) is 8.57. The van der Waals surface area contributed by atoms with Gasteiger partial charge in [-0.2, -0.15) is 0 Å². The van der Waals surface area contributed by atoms with Gasteiger partial charge in [-0.1, -0.05) is 62.4 Å². The van der Waals surface area contributed by atoms with Crippen LogP contribution in [0.4, 0.5) is 5.69 Å². The number of anilines is 1. The highest BCUT2D eigenvalue weighted by Gasteiger charge is 2.63. The standard InChI is InChI=1S/C33H30N2O7/c1-17(2)29(33(40)42-16-24(36)34-19-14-12-18(13-15-19)32(39)41-3)35-30(37)27-25-20-8-4-5-9-21(20)26(28(27)31(35)38)23-11-7-6-10-22(23)25/h4-15,17,25-29H,16H2,1-3H3,(H,34,36)/t25?,26?,27-,28-,29-/m0/s1. The summed E-state index contributed by atoms with van der Waals surface area (Å²) in [7, 11) is 1.27. The highest BCUT2D eigenvalue weighted by molar-refractivity contribution is 6.10. The van der Waals surface area contributed by atoms with Crippen LogP contribution in [-0.2, 0) is 28.7 Å². The molecule has 0 spiro atoms. The number of imide groups is 1. The van der Waals surface area contributed by atoms with Crippen LogP contribution >= 0.6 is 0 Å².